The van der Waals surface area contributed by atoms with E-state index in [4.69, 9.17) is 15.2 Å². The maximum absolute atomic E-state index is 12.3. The van der Waals surface area contributed by atoms with E-state index in [1.165, 1.54) is 11.1 Å². The summed E-state index contributed by atoms with van der Waals surface area (Å²) in [7, 11) is 0. The van der Waals surface area contributed by atoms with Crippen molar-refractivity contribution in [1.82, 2.24) is 4.90 Å². The van der Waals surface area contributed by atoms with Gasteiger partial charge in [-0.1, -0.05) is 91.0 Å². The Hall–Kier alpha value is -3.81. The summed E-state index contributed by atoms with van der Waals surface area (Å²) in [4.78, 5) is 35.3. The van der Waals surface area contributed by atoms with E-state index >= 15 is 0 Å². The number of benzene rings is 3. The SMILES string of the molecule is CC(OCCc1ccccc1)C(N)=O.O=CCN(Cc1ccccc1)C(=O)CCOCCc1ccccc1. The van der Waals surface area contributed by atoms with Crippen LogP contribution >= 0.6 is 0 Å². The Labute approximate surface area is 225 Å². The summed E-state index contributed by atoms with van der Waals surface area (Å²) in [6, 6.07) is 29.7. The predicted octanol–water partition coefficient (Wildman–Crippen LogP) is 3.98. The third kappa shape index (κ3) is 12.9. The van der Waals surface area contributed by atoms with Crippen molar-refractivity contribution >= 4 is 18.1 Å². The van der Waals surface area contributed by atoms with Crippen LogP contribution in [0.4, 0.5) is 0 Å². The zero-order valence-corrected chi connectivity index (χ0v) is 22.0. The van der Waals surface area contributed by atoms with Crippen LogP contribution in [0.3, 0.4) is 0 Å². The van der Waals surface area contributed by atoms with Crippen LogP contribution in [0.5, 0.6) is 0 Å². The summed E-state index contributed by atoms with van der Waals surface area (Å²) in [6.45, 7) is 3.70. The summed E-state index contributed by atoms with van der Waals surface area (Å²) in [5.74, 6) is -0.483. The monoisotopic (exact) mass is 518 g/mol. The number of ether oxygens (including phenoxy) is 2. The topological polar surface area (TPSA) is 98.9 Å². The Bertz CT molecular complexity index is 1060. The highest BCUT2D eigenvalue weighted by molar-refractivity contribution is 5.78. The van der Waals surface area contributed by atoms with Crippen LogP contribution in [0.2, 0.25) is 0 Å². The van der Waals surface area contributed by atoms with Crippen molar-refractivity contribution < 1.29 is 23.9 Å². The molecular weight excluding hydrogens is 480 g/mol. The molecule has 0 saturated carbocycles. The molecule has 0 aromatic heterocycles. The quantitative estimate of drug-likeness (QED) is 0.242. The Balaban J connectivity index is 0.000000308. The summed E-state index contributed by atoms with van der Waals surface area (Å²) >= 11 is 0. The normalized spacial score (nSPS) is 11.1. The van der Waals surface area contributed by atoms with Crippen LogP contribution in [0.15, 0.2) is 91.0 Å². The fraction of sp³-hybridized carbons (Fsp3) is 0.323. The maximum Gasteiger partial charge on any atom is 0.246 e. The molecular formula is C31H38N2O5. The molecule has 2 N–H and O–H groups in total. The van der Waals surface area contributed by atoms with E-state index in [0.29, 0.717) is 26.4 Å². The lowest BCUT2D eigenvalue weighted by Gasteiger charge is -2.20. The van der Waals surface area contributed by atoms with Gasteiger partial charge in [-0.25, -0.2) is 0 Å². The van der Waals surface area contributed by atoms with E-state index in [9.17, 15) is 14.4 Å². The number of rotatable bonds is 15. The summed E-state index contributed by atoms with van der Waals surface area (Å²) in [5, 5.41) is 0. The fourth-order valence-electron chi connectivity index (χ4n) is 3.48. The van der Waals surface area contributed by atoms with Gasteiger partial charge in [0, 0.05) is 6.54 Å². The van der Waals surface area contributed by atoms with Gasteiger partial charge in [-0.15, -0.1) is 0 Å². The number of carbonyl (C=O) groups excluding carboxylic acids is 3. The summed E-state index contributed by atoms with van der Waals surface area (Å²) in [5.41, 5.74) is 8.48. The average molecular weight is 519 g/mol. The van der Waals surface area contributed by atoms with E-state index in [1.54, 1.807) is 11.8 Å². The highest BCUT2D eigenvalue weighted by Crippen LogP contribution is 2.06. The van der Waals surface area contributed by atoms with E-state index < -0.39 is 12.0 Å². The molecule has 0 fully saturated rings. The number of nitrogens with two attached hydrogens (primary N) is 1. The molecule has 0 radical (unpaired) electrons. The molecule has 0 heterocycles. The van der Waals surface area contributed by atoms with E-state index in [-0.39, 0.29) is 18.9 Å². The van der Waals surface area contributed by atoms with Crippen molar-refractivity contribution in [2.24, 2.45) is 5.73 Å². The molecule has 0 aliphatic heterocycles. The van der Waals surface area contributed by atoms with E-state index in [0.717, 1.165) is 24.7 Å². The van der Waals surface area contributed by atoms with Crippen LogP contribution in [-0.2, 0) is 43.2 Å². The molecule has 202 valence electrons. The molecule has 7 nitrogen and oxygen atoms in total. The molecule has 7 heteroatoms. The van der Waals surface area contributed by atoms with Crippen molar-refractivity contribution in [3.05, 3.63) is 108 Å². The van der Waals surface area contributed by atoms with Crippen LogP contribution in [0.1, 0.15) is 30.0 Å². The Kier molecular flexibility index (Phi) is 14.8. The van der Waals surface area contributed by atoms with Crippen LogP contribution < -0.4 is 5.73 Å². The van der Waals surface area contributed by atoms with E-state index in [2.05, 4.69) is 12.1 Å². The average Bonchev–Trinajstić information content (AvgIpc) is 2.94. The van der Waals surface area contributed by atoms with Gasteiger partial charge < -0.3 is 24.9 Å². The first-order valence-electron chi connectivity index (χ1n) is 12.8. The highest BCUT2D eigenvalue weighted by Gasteiger charge is 2.13. The smallest absolute Gasteiger partial charge is 0.246 e. The van der Waals surface area contributed by atoms with Crippen LogP contribution in [0, 0.1) is 0 Å². The van der Waals surface area contributed by atoms with Gasteiger partial charge >= 0.3 is 0 Å². The summed E-state index contributed by atoms with van der Waals surface area (Å²) < 4.78 is 10.8. The van der Waals surface area contributed by atoms with Crippen molar-refractivity contribution in [2.45, 2.75) is 38.8 Å². The van der Waals surface area contributed by atoms with Gasteiger partial charge in [0.15, 0.2) is 0 Å². The van der Waals surface area contributed by atoms with Crippen molar-refractivity contribution in [2.75, 3.05) is 26.4 Å². The van der Waals surface area contributed by atoms with Gasteiger partial charge in [-0.3, -0.25) is 9.59 Å². The summed E-state index contributed by atoms with van der Waals surface area (Å²) in [6.07, 6.45) is 2.18. The van der Waals surface area contributed by atoms with Gasteiger partial charge in [-0.05, 0) is 36.5 Å². The van der Waals surface area contributed by atoms with Gasteiger partial charge in [0.05, 0.1) is 32.8 Å². The second-order valence-electron chi connectivity index (χ2n) is 8.68. The molecule has 2 amide bonds. The first-order valence-corrected chi connectivity index (χ1v) is 12.8. The maximum atomic E-state index is 12.3. The predicted molar refractivity (Wildman–Crippen MR) is 148 cm³/mol. The fourth-order valence-corrected chi connectivity index (χ4v) is 3.48. The molecule has 0 spiro atoms. The highest BCUT2D eigenvalue weighted by atomic mass is 16.5. The third-order valence-corrected chi connectivity index (χ3v) is 5.70. The molecule has 0 saturated heterocycles. The van der Waals surface area contributed by atoms with Gasteiger partial charge in [0.2, 0.25) is 11.8 Å². The molecule has 3 rings (SSSR count). The molecule has 3 aromatic rings. The molecule has 0 bridgehead atoms. The van der Waals surface area contributed by atoms with Crippen molar-refractivity contribution in [3.8, 4) is 0 Å². The molecule has 0 aliphatic rings. The Morgan fingerprint density at radius 1 is 0.789 bits per heavy atom. The third-order valence-electron chi connectivity index (χ3n) is 5.70. The van der Waals surface area contributed by atoms with E-state index in [1.807, 2.05) is 78.9 Å². The molecule has 0 aliphatic carbocycles. The largest absolute Gasteiger partial charge is 0.381 e. The first-order chi connectivity index (χ1) is 18.5. The van der Waals surface area contributed by atoms with Crippen molar-refractivity contribution in [1.29, 1.82) is 0 Å². The lowest BCUT2D eigenvalue weighted by Crippen LogP contribution is -2.32. The number of carbonyl (C=O) groups is 3. The number of hydrogen-bond acceptors (Lipinski definition) is 5. The van der Waals surface area contributed by atoms with Crippen LogP contribution in [-0.4, -0.2) is 55.5 Å². The number of aldehydes is 1. The Morgan fingerprint density at radius 3 is 1.79 bits per heavy atom. The van der Waals surface area contributed by atoms with Gasteiger partial charge in [0.25, 0.3) is 0 Å². The molecule has 1 atom stereocenters. The minimum absolute atomic E-state index is 0.0642. The Morgan fingerprint density at radius 2 is 1.29 bits per heavy atom. The lowest BCUT2D eigenvalue weighted by molar-refractivity contribution is -0.134. The minimum Gasteiger partial charge on any atom is -0.381 e. The second kappa shape index (κ2) is 18.4. The van der Waals surface area contributed by atoms with Gasteiger partial charge in [0.1, 0.15) is 12.4 Å². The second-order valence-corrected chi connectivity index (χ2v) is 8.68. The lowest BCUT2D eigenvalue weighted by atomic mass is 10.2. The van der Waals surface area contributed by atoms with Gasteiger partial charge in [-0.2, -0.15) is 0 Å². The zero-order valence-electron chi connectivity index (χ0n) is 22.0. The molecule has 38 heavy (non-hydrogen) atoms. The zero-order chi connectivity index (χ0) is 27.4. The standard InChI is InChI=1S/C20H23NO3.C11H15NO2/c22-14-13-21(17-19-9-5-2-6-10-19)20(23)12-16-24-15-11-18-7-3-1-4-8-18;1-9(11(12)13)14-8-7-10-5-3-2-4-6-10/h1-10,14H,11-13,15-17H2;2-6,9H,7-8H2,1H3,(H2,12,13). The van der Waals surface area contributed by atoms with Crippen molar-refractivity contribution in [3.63, 3.8) is 0 Å². The molecule has 1 unspecified atom stereocenters. The number of primary amides is 1. The number of nitrogens with zero attached hydrogens (tertiary/aromatic N) is 1. The molecule has 3 aromatic carbocycles. The minimum atomic E-state index is -0.501. The first kappa shape index (κ1) is 30.4. The number of hydrogen-bond donors (Lipinski definition) is 1. The van der Waals surface area contributed by atoms with Crippen LogP contribution in [0.25, 0.3) is 0 Å². The number of amides is 2.